The van der Waals surface area contributed by atoms with Crippen LogP contribution in [-0.2, 0) is 0 Å². The highest BCUT2D eigenvalue weighted by Gasteiger charge is 2.06. The Balaban J connectivity index is 2.46. The lowest BCUT2D eigenvalue weighted by Gasteiger charge is -2.31. The normalized spacial score (nSPS) is 20.9. The second-order valence-corrected chi connectivity index (χ2v) is 2.86. The third-order valence-electron chi connectivity index (χ3n) is 1.35. The van der Waals surface area contributed by atoms with E-state index in [1.54, 1.807) is 0 Å². The van der Waals surface area contributed by atoms with Crippen LogP contribution >= 0.6 is 11.8 Å². The van der Waals surface area contributed by atoms with E-state index < -0.39 is 0 Å². The first-order valence-corrected chi connectivity index (χ1v) is 4.15. The summed E-state index contributed by atoms with van der Waals surface area (Å²) in [6.07, 6.45) is 2.11. The van der Waals surface area contributed by atoms with Gasteiger partial charge in [0.25, 0.3) is 0 Å². The Kier molecular flexibility index (Phi) is 2.42. The molecule has 52 valence electrons. The molecular formula is C6H12N2S. The Morgan fingerprint density at radius 3 is 2.89 bits per heavy atom. The summed E-state index contributed by atoms with van der Waals surface area (Å²) >= 11 is 1.83. The Bertz CT molecular complexity index is 114. The molecule has 0 atom stereocenters. The van der Waals surface area contributed by atoms with Crippen LogP contribution in [0.3, 0.4) is 0 Å². The van der Waals surface area contributed by atoms with E-state index in [9.17, 15) is 0 Å². The zero-order valence-corrected chi connectivity index (χ0v) is 6.69. The molecule has 9 heavy (non-hydrogen) atoms. The molecule has 0 radical (unpaired) electrons. The van der Waals surface area contributed by atoms with Crippen molar-refractivity contribution >= 4 is 11.8 Å². The van der Waals surface area contributed by atoms with Crippen LogP contribution in [0.5, 0.6) is 0 Å². The summed E-state index contributed by atoms with van der Waals surface area (Å²) in [6, 6.07) is 0. The SMILES string of the molecule is CCN1C=CSCN1C. The van der Waals surface area contributed by atoms with Crippen molar-refractivity contribution in [1.29, 1.82) is 0 Å². The topological polar surface area (TPSA) is 6.48 Å². The van der Waals surface area contributed by atoms with Crippen molar-refractivity contribution in [1.82, 2.24) is 10.0 Å². The fraction of sp³-hybridized carbons (Fsp3) is 0.667. The molecular weight excluding hydrogens is 132 g/mol. The van der Waals surface area contributed by atoms with Crippen molar-refractivity contribution in [2.24, 2.45) is 0 Å². The first kappa shape index (κ1) is 6.96. The van der Waals surface area contributed by atoms with Gasteiger partial charge in [-0.2, -0.15) is 0 Å². The van der Waals surface area contributed by atoms with Crippen LogP contribution in [0, 0.1) is 0 Å². The van der Waals surface area contributed by atoms with E-state index in [0.29, 0.717) is 0 Å². The highest BCUT2D eigenvalue weighted by Crippen LogP contribution is 2.13. The minimum Gasteiger partial charge on any atom is -0.312 e. The second-order valence-electron chi connectivity index (χ2n) is 1.99. The molecule has 0 saturated heterocycles. The van der Waals surface area contributed by atoms with Crippen molar-refractivity contribution in [2.75, 3.05) is 19.5 Å². The predicted molar refractivity (Wildman–Crippen MR) is 41.7 cm³/mol. The summed E-state index contributed by atoms with van der Waals surface area (Å²) in [7, 11) is 2.10. The monoisotopic (exact) mass is 144 g/mol. The molecule has 1 rings (SSSR count). The van der Waals surface area contributed by atoms with E-state index in [-0.39, 0.29) is 0 Å². The van der Waals surface area contributed by atoms with Crippen LogP contribution in [-0.4, -0.2) is 29.5 Å². The summed E-state index contributed by atoms with van der Waals surface area (Å²) in [5.74, 6) is 1.07. The molecule has 0 fully saturated rings. The molecule has 2 nitrogen and oxygen atoms in total. The fourth-order valence-electron chi connectivity index (χ4n) is 0.799. The number of thioether (sulfide) groups is 1. The molecule has 1 aliphatic heterocycles. The molecule has 0 unspecified atom stereocenters. The summed E-state index contributed by atoms with van der Waals surface area (Å²) in [5.41, 5.74) is 0. The zero-order valence-electron chi connectivity index (χ0n) is 5.87. The lowest BCUT2D eigenvalue weighted by Crippen LogP contribution is -2.36. The Hall–Kier alpha value is -0.150. The van der Waals surface area contributed by atoms with Gasteiger partial charge in [0.15, 0.2) is 0 Å². The third kappa shape index (κ3) is 1.63. The minimum atomic E-state index is 1.06. The van der Waals surface area contributed by atoms with Gasteiger partial charge >= 0.3 is 0 Å². The molecule has 0 amide bonds. The molecule has 0 aromatic rings. The van der Waals surface area contributed by atoms with Crippen molar-refractivity contribution < 1.29 is 0 Å². The lowest BCUT2D eigenvalue weighted by atomic mass is 10.7. The van der Waals surface area contributed by atoms with Gasteiger partial charge in [-0.25, -0.2) is 5.01 Å². The van der Waals surface area contributed by atoms with Crippen molar-refractivity contribution in [3.63, 3.8) is 0 Å². The van der Waals surface area contributed by atoms with E-state index >= 15 is 0 Å². The Morgan fingerprint density at radius 2 is 2.44 bits per heavy atom. The summed E-state index contributed by atoms with van der Waals surface area (Å²) < 4.78 is 0. The molecule has 1 heterocycles. The van der Waals surface area contributed by atoms with Crippen LogP contribution < -0.4 is 0 Å². The lowest BCUT2D eigenvalue weighted by molar-refractivity contribution is 0.0792. The number of hydrogen-bond acceptors (Lipinski definition) is 3. The van der Waals surface area contributed by atoms with Crippen LogP contribution in [0.1, 0.15) is 6.92 Å². The van der Waals surface area contributed by atoms with Gasteiger partial charge in [-0.3, -0.25) is 0 Å². The van der Waals surface area contributed by atoms with Gasteiger partial charge in [-0.05, 0) is 12.3 Å². The molecule has 0 aromatic heterocycles. The summed E-state index contributed by atoms with van der Waals surface area (Å²) in [6.45, 7) is 3.21. The number of hydrogen-bond donors (Lipinski definition) is 0. The zero-order chi connectivity index (χ0) is 6.69. The Labute approximate surface area is 60.5 Å². The number of rotatable bonds is 1. The van der Waals surface area contributed by atoms with Crippen molar-refractivity contribution in [3.05, 3.63) is 11.6 Å². The smallest absolute Gasteiger partial charge is 0.0675 e. The predicted octanol–water partition coefficient (Wildman–Crippen LogP) is 1.33. The quantitative estimate of drug-likeness (QED) is 0.548. The van der Waals surface area contributed by atoms with Crippen LogP contribution in [0.15, 0.2) is 11.6 Å². The molecule has 0 N–H and O–H groups in total. The van der Waals surface area contributed by atoms with Gasteiger partial charge < -0.3 is 5.01 Å². The van der Waals surface area contributed by atoms with Gasteiger partial charge in [-0.15, -0.1) is 11.8 Å². The van der Waals surface area contributed by atoms with E-state index in [4.69, 9.17) is 0 Å². The molecule has 0 bridgehead atoms. The maximum absolute atomic E-state index is 2.20. The first-order valence-electron chi connectivity index (χ1n) is 3.10. The van der Waals surface area contributed by atoms with Crippen LogP contribution in [0.4, 0.5) is 0 Å². The summed E-state index contributed by atoms with van der Waals surface area (Å²) in [5, 5.41) is 6.52. The number of hydrazine groups is 1. The maximum atomic E-state index is 2.20. The largest absolute Gasteiger partial charge is 0.312 e. The fourth-order valence-corrected chi connectivity index (χ4v) is 1.48. The van der Waals surface area contributed by atoms with Gasteiger partial charge in [0.2, 0.25) is 0 Å². The molecule has 1 aliphatic rings. The molecule has 0 spiro atoms. The van der Waals surface area contributed by atoms with E-state index in [0.717, 1.165) is 12.4 Å². The van der Waals surface area contributed by atoms with E-state index in [2.05, 4.69) is 35.6 Å². The first-order chi connectivity index (χ1) is 4.34. The minimum absolute atomic E-state index is 1.06. The maximum Gasteiger partial charge on any atom is 0.0675 e. The van der Waals surface area contributed by atoms with Crippen LogP contribution in [0.2, 0.25) is 0 Å². The Morgan fingerprint density at radius 1 is 1.67 bits per heavy atom. The van der Waals surface area contributed by atoms with Gasteiger partial charge in [0, 0.05) is 19.8 Å². The average molecular weight is 144 g/mol. The van der Waals surface area contributed by atoms with Gasteiger partial charge in [0.05, 0.1) is 5.88 Å². The van der Waals surface area contributed by atoms with Crippen molar-refractivity contribution in [2.45, 2.75) is 6.92 Å². The number of nitrogens with zero attached hydrogens (tertiary/aromatic N) is 2. The second kappa shape index (κ2) is 3.13. The van der Waals surface area contributed by atoms with E-state index in [1.165, 1.54) is 0 Å². The van der Waals surface area contributed by atoms with Gasteiger partial charge in [-0.1, -0.05) is 0 Å². The average Bonchev–Trinajstić information content (AvgIpc) is 1.89. The third-order valence-corrected chi connectivity index (χ3v) is 2.19. The highest BCUT2D eigenvalue weighted by molar-refractivity contribution is 8.02. The van der Waals surface area contributed by atoms with Crippen LogP contribution in [0.25, 0.3) is 0 Å². The highest BCUT2D eigenvalue weighted by atomic mass is 32.2. The molecule has 3 heteroatoms. The van der Waals surface area contributed by atoms with Gasteiger partial charge in [0.1, 0.15) is 0 Å². The van der Waals surface area contributed by atoms with E-state index in [1.807, 2.05) is 11.8 Å². The van der Waals surface area contributed by atoms with Crippen molar-refractivity contribution in [3.8, 4) is 0 Å². The molecule has 0 saturated carbocycles. The molecule has 0 aliphatic carbocycles. The summed E-state index contributed by atoms with van der Waals surface area (Å²) in [4.78, 5) is 0. The molecule has 0 aromatic carbocycles. The standard InChI is InChI=1S/C6H12N2S/c1-3-8-4-5-9-6-7(8)2/h4-5H,3,6H2,1-2H3.